The van der Waals surface area contributed by atoms with Crippen LogP contribution in [0.25, 0.3) is 0 Å². The maximum absolute atomic E-state index is 12.2. The summed E-state index contributed by atoms with van der Waals surface area (Å²) >= 11 is 0. The van der Waals surface area contributed by atoms with Crippen LogP contribution >= 0.6 is 0 Å². The standard InChI is InChI=1S/C9H16N4O4S/c1-4-13(6-8(14)17-3)18(15,16)7-5-12(2)11-9(7)10/h5H,4,6H2,1-3H3,(H2,10,11). The molecule has 0 saturated carbocycles. The van der Waals surface area contributed by atoms with Gasteiger partial charge in [-0.25, -0.2) is 8.42 Å². The molecule has 0 amide bonds. The summed E-state index contributed by atoms with van der Waals surface area (Å²) in [6.45, 7) is 1.39. The Morgan fingerprint density at radius 2 is 2.22 bits per heavy atom. The average Bonchev–Trinajstić information content (AvgIpc) is 2.65. The van der Waals surface area contributed by atoms with Gasteiger partial charge in [-0.15, -0.1) is 0 Å². The number of likely N-dealkylation sites (N-methyl/N-ethyl adjacent to an activating group) is 1. The van der Waals surface area contributed by atoms with E-state index in [9.17, 15) is 13.2 Å². The van der Waals surface area contributed by atoms with Gasteiger partial charge in [0.25, 0.3) is 0 Å². The van der Waals surface area contributed by atoms with Crippen molar-refractivity contribution in [3.05, 3.63) is 6.20 Å². The second kappa shape index (κ2) is 5.36. The van der Waals surface area contributed by atoms with E-state index < -0.39 is 16.0 Å². The highest BCUT2D eigenvalue weighted by molar-refractivity contribution is 7.89. The Morgan fingerprint density at radius 3 is 2.61 bits per heavy atom. The number of nitrogens with two attached hydrogens (primary N) is 1. The Balaban J connectivity index is 3.11. The Labute approximate surface area is 105 Å². The molecule has 102 valence electrons. The second-order valence-electron chi connectivity index (χ2n) is 3.56. The van der Waals surface area contributed by atoms with E-state index >= 15 is 0 Å². The minimum atomic E-state index is -3.84. The fourth-order valence-corrected chi connectivity index (χ4v) is 2.88. The topological polar surface area (TPSA) is 108 Å². The molecule has 1 aromatic rings. The molecule has 0 aromatic carbocycles. The zero-order chi connectivity index (χ0) is 13.9. The molecule has 1 rings (SSSR count). The Bertz CT molecular complexity index is 537. The van der Waals surface area contributed by atoms with Gasteiger partial charge in [0.1, 0.15) is 11.4 Å². The number of carbonyl (C=O) groups excluding carboxylic acids is 1. The van der Waals surface area contributed by atoms with Gasteiger partial charge in [-0.05, 0) is 0 Å². The van der Waals surface area contributed by atoms with Gasteiger partial charge in [0.2, 0.25) is 10.0 Å². The molecule has 1 aromatic heterocycles. The molecule has 18 heavy (non-hydrogen) atoms. The van der Waals surface area contributed by atoms with Gasteiger partial charge in [0.05, 0.1) is 7.11 Å². The molecule has 0 aliphatic heterocycles. The predicted octanol–water partition coefficient (Wildman–Crippen LogP) is -0.814. The first-order chi connectivity index (χ1) is 8.32. The SMILES string of the molecule is CCN(CC(=O)OC)S(=O)(=O)c1cn(C)nc1N. The highest BCUT2D eigenvalue weighted by Crippen LogP contribution is 2.20. The van der Waals surface area contributed by atoms with Crippen molar-refractivity contribution in [3.63, 3.8) is 0 Å². The van der Waals surface area contributed by atoms with Crippen LogP contribution in [0.15, 0.2) is 11.1 Å². The zero-order valence-electron chi connectivity index (χ0n) is 10.5. The number of methoxy groups -OCH3 is 1. The third kappa shape index (κ3) is 2.79. The number of anilines is 1. The van der Waals surface area contributed by atoms with Crippen molar-refractivity contribution in [2.45, 2.75) is 11.8 Å². The molecule has 1 heterocycles. The minimum Gasteiger partial charge on any atom is -0.468 e. The van der Waals surface area contributed by atoms with Crippen LogP contribution in [-0.4, -0.2) is 48.7 Å². The Kier molecular flexibility index (Phi) is 4.30. The zero-order valence-corrected chi connectivity index (χ0v) is 11.3. The van der Waals surface area contributed by atoms with Gasteiger partial charge in [-0.1, -0.05) is 6.92 Å². The van der Waals surface area contributed by atoms with Crippen LogP contribution in [-0.2, 0) is 26.6 Å². The van der Waals surface area contributed by atoms with Gasteiger partial charge in [-0.2, -0.15) is 9.40 Å². The molecule has 0 spiro atoms. The number of sulfonamides is 1. The molecule has 0 saturated heterocycles. The lowest BCUT2D eigenvalue weighted by Crippen LogP contribution is -2.36. The van der Waals surface area contributed by atoms with E-state index in [1.54, 1.807) is 14.0 Å². The van der Waals surface area contributed by atoms with E-state index in [0.717, 1.165) is 4.31 Å². The minimum absolute atomic E-state index is 0.0965. The summed E-state index contributed by atoms with van der Waals surface area (Å²) in [5.41, 5.74) is 5.53. The normalized spacial score (nSPS) is 11.8. The van der Waals surface area contributed by atoms with Crippen LogP contribution in [0.3, 0.4) is 0 Å². The molecule has 0 fully saturated rings. The summed E-state index contributed by atoms with van der Waals surface area (Å²) in [6, 6.07) is 0. The molecule has 2 N–H and O–H groups in total. The largest absolute Gasteiger partial charge is 0.468 e. The molecule has 0 aliphatic carbocycles. The lowest BCUT2D eigenvalue weighted by atomic mass is 10.6. The predicted molar refractivity (Wildman–Crippen MR) is 64.1 cm³/mol. The van der Waals surface area contributed by atoms with Crippen LogP contribution in [0.1, 0.15) is 6.92 Å². The smallest absolute Gasteiger partial charge is 0.321 e. The van der Waals surface area contributed by atoms with Crippen LogP contribution in [0.5, 0.6) is 0 Å². The average molecular weight is 276 g/mol. The summed E-state index contributed by atoms with van der Waals surface area (Å²) in [6.07, 6.45) is 1.30. The first-order valence-electron chi connectivity index (χ1n) is 5.19. The number of nitrogen functional groups attached to an aromatic ring is 1. The van der Waals surface area contributed by atoms with Crippen LogP contribution in [0.4, 0.5) is 5.82 Å². The van der Waals surface area contributed by atoms with E-state index in [1.165, 1.54) is 18.0 Å². The van der Waals surface area contributed by atoms with Crippen LogP contribution in [0.2, 0.25) is 0 Å². The lowest BCUT2D eigenvalue weighted by Gasteiger charge is -2.18. The van der Waals surface area contributed by atoms with Crippen molar-refractivity contribution in [2.24, 2.45) is 7.05 Å². The second-order valence-corrected chi connectivity index (χ2v) is 5.47. The molecule has 9 heteroatoms. The lowest BCUT2D eigenvalue weighted by molar-refractivity contribution is -0.140. The maximum Gasteiger partial charge on any atom is 0.321 e. The Hall–Kier alpha value is -1.61. The van der Waals surface area contributed by atoms with Gasteiger partial charge in [-0.3, -0.25) is 9.48 Å². The van der Waals surface area contributed by atoms with E-state index in [0.29, 0.717) is 0 Å². The van der Waals surface area contributed by atoms with Crippen molar-refractivity contribution in [3.8, 4) is 0 Å². The van der Waals surface area contributed by atoms with E-state index in [2.05, 4.69) is 9.84 Å². The molecule has 0 atom stereocenters. The number of ether oxygens (including phenoxy) is 1. The number of esters is 1. The molecule has 0 aliphatic rings. The van der Waals surface area contributed by atoms with Gasteiger partial charge >= 0.3 is 5.97 Å². The van der Waals surface area contributed by atoms with Crippen LogP contribution < -0.4 is 5.73 Å². The fourth-order valence-electron chi connectivity index (χ4n) is 1.40. The summed E-state index contributed by atoms with van der Waals surface area (Å²) in [4.78, 5) is 11.1. The highest BCUT2D eigenvalue weighted by atomic mass is 32.2. The number of hydrogen-bond acceptors (Lipinski definition) is 6. The maximum atomic E-state index is 12.2. The molecular formula is C9H16N4O4S. The number of carbonyl (C=O) groups is 1. The number of nitrogens with zero attached hydrogens (tertiary/aromatic N) is 3. The van der Waals surface area contributed by atoms with Crippen molar-refractivity contribution in [1.82, 2.24) is 14.1 Å². The fraction of sp³-hybridized carbons (Fsp3) is 0.556. The van der Waals surface area contributed by atoms with Crippen molar-refractivity contribution >= 4 is 21.8 Å². The van der Waals surface area contributed by atoms with E-state index in [1.807, 2.05) is 0 Å². The van der Waals surface area contributed by atoms with Gasteiger partial charge < -0.3 is 10.5 Å². The van der Waals surface area contributed by atoms with Crippen LogP contribution in [0, 0.1) is 0 Å². The quantitative estimate of drug-likeness (QED) is 0.704. The van der Waals surface area contributed by atoms with Crippen molar-refractivity contribution in [1.29, 1.82) is 0 Å². The number of hydrogen-bond donors (Lipinski definition) is 1. The summed E-state index contributed by atoms with van der Waals surface area (Å²) in [7, 11) is -1.08. The Morgan fingerprint density at radius 1 is 1.61 bits per heavy atom. The van der Waals surface area contributed by atoms with E-state index in [4.69, 9.17) is 5.73 Å². The third-order valence-corrected chi connectivity index (χ3v) is 4.26. The first kappa shape index (κ1) is 14.5. The van der Waals surface area contributed by atoms with Gasteiger partial charge in [0, 0.05) is 19.8 Å². The first-order valence-corrected chi connectivity index (χ1v) is 6.63. The molecule has 0 unspecified atom stereocenters. The molecule has 8 nitrogen and oxygen atoms in total. The molecular weight excluding hydrogens is 260 g/mol. The van der Waals surface area contributed by atoms with E-state index in [-0.39, 0.29) is 23.8 Å². The monoisotopic (exact) mass is 276 g/mol. The summed E-state index contributed by atoms with van der Waals surface area (Å²) < 4.78 is 31.2. The summed E-state index contributed by atoms with van der Waals surface area (Å²) in [5, 5.41) is 3.77. The summed E-state index contributed by atoms with van der Waals surface area (Å²) in [5.74, 6) is -0.733. The van der Waals surface area contributed by atoms with Gasteiger partial charge in [0.15, 0.2) is 5.82 Å². The van der Waals surface area contributed by atoms with Crippen molar-refractivity contribution in [2.75, 3.05) is 25.9 Å². The number of rotatable bonds is 5. The highest BCUT2D eigenvalue weighted by Gasteiger charge is 2.29. The van der Waals surface area contributed by atoms with Crippen molar-refractivity contribution < 1.29 is 17.9 Å². The number of aromatic nitrogens is 2. The molecule has 0 bridgehead atoms. The molecule has 0 radical (unpaired) electrons. The third-order valence-electron chi connectivity index (χ3n) is 2.33. The number of aryl methyl sites for hydroxylation is 1.